The number of aliphatic hydroxyl groups excluding tert-OH is 1. The number of methoxy groups -OCH3 is 1. The number of aliphatic hydroxyl groups is 1. The highest BCUT2D eigenvalue weighted by molar-refractivity contribution is 5.38. The molecule has 1 rings (SSSR count). The van der Waals surface area contributed by atoms with E-state index in [9.17, 15) is 0 Å². The fraction of sp³-hybridized carbons (Fsp3) is 0.727. The summed E-state index contributed by atoms with van der Waals surface area (Å²) in [6.45, 7) is 6.59. The number of hydrogen-bond donors (Lipinski definition) is 2. The van der Waals surface area contributed by atoms with Gasteiger partial charge in [0.1, 0.15) is 5.82 Å². The van der Waals surface area contributed by atoms with Gasteiger partial charge in [-0.2, -0.15) is 5.10 Å². The zero-order valence-electron chi connectivity index (χ0n) is 10.4. The molecule has 0 amide bonds. The molecule has 0 spiro atoms. The van der Waals surface area contributed by atoms with E-state index in [1.807, 2.05) is 19.9 Å². The molecule has 0 aliphatic carbocycles. The van der Waals surface area contributed by atoms with E-state index in [1.54, 1.807) is 11.8 Å². The Bertz CT molecular complexity index is 325. The number of rotatable bonds is 6. The summed E-state index contributed by atoms with van der Waals surface area (Å²) < 4.78 is 7.02. The third-order valence-electron chi connectivity index (χ3n) is 2.67. The predicted octanol–water partition coefficient (Wildman–Crippen LogP) is 1.02. The minimum Gasteiger partial charge on any atom is -0.394 e. The van der Waals surface area contributed by atoms with Crippen molar-refractivity contribution in [2.24, 2.45) is 0 Å². The van der Waals surface area contributed by atoms with E-state index in [0.717, 1.165) is 11.5 Å². The zero-order chi connectivity index (χ0) is 12.1. The minimum atomic E-state index is 0.0873. The van der Waals surface area contributed by atoms with Crippen molar-refractivity contribution >= 4 is 5.82 Å². The molecule has 1 aromatic rings. The van der Waals surface area contributed by atoms with Gasteiger partial charge in [-0.15, -0.1) is 0 Å². The predicted molar refractivity (Wildman–Crippen MR) is 63.6 cm³/mol. The third-order valence-corrected chi connectivity index (χ3v) is 2.67. The van der Waals surface area contributed by atoms with Gasteiger partial charge in [0, 0.05) is 13.2 Å². The van der Waals surface area contributed by atoms with Gasteiger partial charge in [0.2, 0.25) is 0 Å². The highest BCUT2D eigenvalue weighted by Gasteiger charge is 2.13. The Labute approximate surface area is 96.4 Å². The average molecular weight is 227 g/mol. The van der Waals surface area contributed by atoms with Crippen LogP contribution in [0.4, 0.5) is 5.82 Å². The Hall–Kier alpha value is -1.07. The molecular formula is C11H21N3O2. The Kier molecular flexibility index (Phi) is 4.76. The van der Waals surface area contributed by atoms with Gasteiger partial charge in [0.15, 0.2) is 0 Å². The van der Waals surface area contributed by atoms with Gasteiger partial charge >= 0.3 is 0 Å². The maximum Gasteiger partial charge on any atom is 0.124 e. The third kappa shape index (κ3) is 3.21. The second-order valence-corrected chi connectivity index (χ2v) is 3.99. The normalized spacial score (nSPS) is 14.8. The average Bonchev–Trinajstić information content (AvgIpc) is 2.58. The van der Waals surface area contributed by atoms with Gasteiger partial charge in [-0.3, -0.25) is 0 Å². The van der Waals surface area contributed by atoms with E-state index >= 15 is 0 Å². The molecule has 2 atom stereocenters. The lowest BCUT2D eigenvalue weighted by Gasteiger charge is -2.21. The molecule has 0 aromatic carbocycles. The standard InChI is InChI=1S/C11H21N3O2/c1-8-7-11(14(13-8)5-6-15)12-9(2)10(3)16-4/h7,9-10,12,15H,5-6H2,1-4H3. The Morgan fingerprint density at radius 1 is 1.56 bits per heavy atom. The number of nitrogens with zero attached hydrogens (tertiary/aromatic N) is 2. The van der Waals surface area contributed by atoms with Crippen LogP contribution in [0.5, 0.6) is 0 Å². The maximum atomic E-state index is 8.93. The second kappa shape index (κ2) is 5.86. The summed E-state index contributed by atoms with van der Waals surface area (Å²) in [5.74, 6) is 0.919. The van der Waals surface area contributed by atoms with Crippen molar-refractivity contribution in [3.05, 3.63) is 11.8 Å². The fourth-order valence-corrected chi connectivity index (χ4v) is 1.48. The second-order valence-electron chi connectivity index (χ2n) is 3.99. The molecule has 1 aromatic heterocycles. The lowest BCUT2D eigenvalue weighted by Crippen LogP contribution is -2.30. The Morgan fingerprint density at radius 3 is 2.81 bits per heavy atom. The van der Waals surface area contributed by atoms with Gasteiger partial charge in [0.05, 0.1) is 31.0 Å². The van der Waals surface area contributed by atoms with E-state index < -0.39 is 0 Å². The van der Waals surface area contributed by atoms with Crippen molar-refractivity contribution < 1.29 is 9.84 Å². The van der Waals surface area contributed by atoms with Gasteiger partial charge < -0.3 is 15.2 Å². The lowest BCUT2D eigenvalue weighted by molar-refractivity contribution is 0.106. The SMILES string of the molecule is COC(C)C(C)Nc1cc(C)nn1CCO. The van der Waals surface area contributed by atoms with Crippen LogP contribution in [-0.4, -0.2) is 40.7 Å². The van der Waals surface area contributed by atoms with Crippen LogP contribution in [0.15, 0.2) is 6.07 Å². The van der Waals surface area contributed by atoms with Crippen molar-refractivity contribution in [2.75, 3.05) is 19.0 Å². The first-order valence-electron chi connectivity index (χ1n) is 5.53. The van der Waals surface area contributed by atoms with Crippen molar-refractivity contribution in [3.63, 3.8) is 0 Å². The summed E-state index contributed by atoms with van der Waals surface area (Å²) >= 11 is 0. The molecule has 0 radical (unpaired) electrons. The molecule has 0 aliphatic heterocycles. The van der Waals surface area contributed by atoms with Gasteiger partial charge in [-0.25, -0.2) is 4.68 Å². The van der Waals surface area contributed by atoms with Crippen LogP contribution in [0.2, 0.25) is 0 Å². The molecule has 5 nitrogen and oxygen atoms in total. The van der Waals surface area contributed by atoms with E-state index in [2.05, 4.69) is 17.3 Å². The van der Waals surface area contributed by atoms with Gasteiger partial charge in [0.25, 0.3) is 0 Å². The van der Waals surface area contributed by atoms with E-state index in [-0.39, 0.29) is 18.8 Å². The molecule has 0 fully saturated rings. The number of hydrogen-bond acceptors (Lipinski definition) is 4. The number of ether oxygens (including phenoxy) is 1. The molecule has 2 N–H and O–H groups in total. The summed E-state index contributed by atoms with van der Waals surface area (Å²) in [7, 11) is 1.69. The monoisotopic (exact) mass is 227 g/mol. The summed E-state index contributed by atoms with van der Waals surface area (Å²) in [5, 5.41) is 16.6. The first-order valence-corrected chi connectivity index (χ1v) is 5.53. The number of aryl methyl sites for hydroxylation is 1. The summed E-state index contributed by atoms with van der Waals surface area (Å²) in [6.07, 6.45) is 0.123. The highest BCUT2D eigenvalue weighted by atomic mass is 16.5. The molecule has 0 bridgehead atoms. The quantitative estimate of drug-likeness (QED) is 0.761. The minimum absolute atomic E-state index is 0.0873. The molecule has 0 aliphatic rings. The van der Waals surface area contributed by atoms with Crippen LogP contribution >= 0.6 is 0 Å². The molecular weight excluding hydrogens is 206 g/mol. The molecule has 0 saturated carbocycles. The number of aromatic nitrogens is 2. The molecule has 0 saturated heterocycles. The number of anilines is 1. The van der Waals surface area contributed by atoms with Crippen molar-refractivity contribution in [1.82, 2.24) is 9.78 Å². The van der Waals surface area contributed by atoms with E-state index in [4.69, 9.17) is 9.84 Å². The molecule has 16 heavy (non-hydrogen) atoms. The Balaban J connectivity index is 2.71. The van der Waals surface area contributed by atoms with Crippen LogP contribution in [0.25, 0.3) is 0 Å². The fourth-order valence-electron chi connectivity index (χ4n) is 1.48. The van der Waals surface area contributed by atoms with Crippen molar-refractivity contribution in [2.45, 2.75) is 39.5 Å². The topological polar surface area (TPSA) is 59.3 Å². The van der Waals surface area contributed by atoms with Crippen LogP contribution in [0, 0.1) is 6.92 Å². The molecule has 2 unspecified atom stereocenters. The van der Waals surface area contributed by atoms with Crippen molar-refractivity contribution in [3.8, 4) is 0 Å². The largest absolute Gasteiger partial charge is 0.394 e. The van der Waals surface area contributed by atoms with E-state index in [1.165, 1.54) is 0 Å². The summed E-state index contributed by atoms with van der Waals surface area (Å²) in [6, 6.07) is 2.16. The van der Waals surface area contributed by atoms with Crippen LogP contribution in [0.1, 0.15) is 19.5 Å². The summed E-state index contributed by atoms with van der Waals surface area (Å²) in [4.78, 5) is 0. The lowest BCUT2D eigenvalue weighted by atomic mass is 10.2. The summed E-state index contributed by atoms with van der Waals surface area (Å²) in [5.41, 5.74) is 0.938. The maximum absolute atomic E-state index is 8.93. The smallest absolute Gasteiger partial charge is 0.124 e. The van der Waals surface area contributed by atoms with Crippen LogP contribution in [0.3, 0.4) is 0 Å². The van der Waals surface area contributed by atoms with E-state index in [0.29, 0.717) is 6.54 Å². The molecule has 92 valence electrons. The first-order chi connectivity index (χ1) is 7.58. The highest BCUT2D eigenvalue weighted by Crippen LogP contribution is 2.13. The van der Waals surface area contributed by atoms with Crippen LogP contribution in [-0.2, 0) is 11.3 Å². The van der Waals surface area contributed by atoms with Gasteiger partial charge in [-0.05, 0) is 20.8 Å². The number of nitrogens with one attached hydrogen (secondary N) is 1. The van der Waals surface area contributed by atoms with Crippen LogP contribution < -0.4 is 5.32 Å². The molecule has 5 heteroatoms. The van der Waals surface area contributed by atoms with Crippen molar-refractivity contribution in [1.29, 1.82) is 0 Å². The first kappa shape index (κ1) is 13.0. The molecule has 1 heterocycles. The zero-order valence-corrected chi connectivity index (χ0v) is 10.4. The van der Waals surface area contributed by atoms with Gasteiger partial charge in [-0.1, -0.05) is 0 Å². The Morgan fingerprint density at radius 2 is 2.25 bits per heavy atom.